The fraction of sp³-hybridized carbons (Fsp3) is 0.0769. The average Bonchev–Trinajstić information content (AvgIpc) is 2.42. The predicted molar refractivity (Wildman–Crippen MR) is 82.1 cm³/mol. The van der Waals surface area contributed by atoms with E-state index < -0.39 is 0 Å². The molecule has 0 atom stereocenters. The van der Waals surface area contributed by atoms with Crippen LogP contribution in [0.5, 0.6) is 5.75 Å². The van der Waals surface area contributed by atoms with E-state index >= 15 is 0 Å². The third-order valence-corrected chi connectivity index (χ3v) is 2.87. The molecule has 0 saturated heterocycles. The molecule has 0 aliphatic rings. The van der Waals surface area contributed by atoms with E-state index in [4.69, 9.17) is 28.6 Å². The Morgan fingerprint density at radius 1 is 1.16 bits per heavy atom. The van der Waals surface area contributed by atoms with Gasteiger partial charge >= 0.3 is 0 Å². The Labute approximate surface area is 121 Å². The van der Waals surface area contributed by atoms with Crippen LogP contribution in [-0.4, -0.2) is 17.2 Å². The maximum Gasteiger partial charge on any atom is 0.175 e. The minimum Gasteiger partial charge on any atom is -0.495 e. The van der Waals surface area contributed by atoms with Crippen LogP contribution in [-0.2, 0) is 0 Å². The Balaban J connectivity index is 2.08. The molecule has 6 heteroatoms. The molecule has 0 saturated carbocycles. The highest BCUT2D eigenvalue weighted by atomic mass is 35.5. The van der Waals surface area contributed by atoms with Gasteiger partial charge in [-0.25, -0.2) is 4.98 Å². The summed E-state index contributed by atoms with van der Waals surface area (Å²) in [5.41, 5.74) is 1.43. The molecule has 0 bridgehead atoms. The molecule has 0 aliphatic carbocycles. The highest BCUT2D eigenvalue weighted by Gasteiger charge is 2.06. The molecule has 4 nitrogen and oxygen atoms in total. The predicted octanol–water partition coefficient (Wildman–Crippen LogP) is 3.55. The van der Waals surface area contributed by atoms with Crippen LogP contribution in [0, 0.1) is 0 Å². The Bertz CT molecular complexity index is 592. The largest absolute Gasteiger partial charge is 0.495 e. The molecule has 2 aromatic rings. The second-order valence-corrected chi connectivity index (χ2v) is 4.39. The number of rotatable bonds is 3. The molecule has 0 aliphatic heterocycles. The van der Waals surface area contributed by atoms with Gasteiger partial charge in [0.05, 0.1) is 18.5 Å². The minimum absolute atomic E-state index is 0.367. The normalized spacial score (nSPS) is 9.79. The number of pyridine rings is 1. The molecule has 0 unspecified atom stereocenters. The SMILES string of the molecule is COc1ccccc1NC(=S)Nc1cccnc1Cl. The molecule has 1 heterocycles. The summed E-state index contributed by atoms with van der Waals surface area (Å²) < 4.78 is 5.23. The van der Waals surface area contributed by atoms with Crippen molar-refractivity contribution in [3.63, 3.8) is 0 Å². The molecule has 2 rings (SSSR count). The molecule has 0 spiro atoms. The van der Waals surface area contributed by atoms with Crippen LogP contribution in [0.4, 0.5) is 11.4 Å². The van der Waals surface area contributed by atoms with Crippen LogP contribution in [0.1, 0.15) is 0 Å². The summed E-state index contributed by atoms with van der Waals surface area (Å²) in [5.74, 6) is 0.712. The topological polar surface area (TPSA) is 46.2 Å². The first-order valence-corrected chi connectivity index (χ1v) is 6.31. The summed E-state index contributed by atoms with van der Waals surface area (Å²) in [6, 6.07) is 11.1. The molecule has 2 N–H and O–H groups in total. The van der Waals surface area contributed by atoms with E-state index in [1.54, 1.807) is 25.4 Å². The van der Waals surface area contributed by atoms with Gasteiger partial charge in [-0.3, -0.25) is 0 Å². The smallest absolute Gasteiger partial charge is 0.175 e. The fourth-order valence-corrected chi connectivity index (χ4v) is 1.89. The Hall–Kier alpha value is -1.85. The lowest BCUT2D eigenvalue weighted by atomic mass is 10.3. The van der Waals surface area contributed by atoms with Crippen molar-refractivity contribution in [3.05, 3.63) is 47.7 Å². The van der Waals surface area contributed by atoms with E-state index in [1.165, 1.54) is 0 Å². The maximum atomic E-state index is 5.94. The van der Waals surface area contributed by atoms with Gasteiger partial charge < -0.3 is 15.4 Å². The number of benzene rings is 1. The second-order valence-electron chi connectivity index (χ2n) is 3.62. The van der Waals surface area contributed by atoms with Gasteiger partial charge in [-0.05, 0) is 36.5 Å². The van der Waals surface area contributed by atoms with Gasteiger partial charge in [-0.1, -0.05) is 23.7 Å². The van der Waals surface area contributed by atoms with Crippen molar-refractivity contribution in [2.24, 2.45) is 0 Å². The highest BCUT2D eigenvalue weighted by molar-refractivity contribution is 7.80. The van der Waals surface area contributed by atoms with E-state index in [1.807, 2.05) is 24.3 Å². The molecule has 0 radical (unpaired) electrons. The summed E-state index contributed by atoms with van der Waals surface area (Å²) in [6.07, 6.45) is 1.62. The third kappa shape index (κ3) is 3.56. The van der Waals surface area contributed by atoms with E-state index in [-0.39, 0.29) is 0 Å². The van der Waals surface area contributed by atoms with Crippen molar-refractivity contribution >= 4 is 40.3 Å². The van der Waals surface area contributed by atoms with E-state index in [2.05, 4.69) is 15.6 Å². The standard InChI is InChI=1S/C13H12ClN3OS/c1-18-11-7-3-2-5-9(11)16-13(19)17-10-6-4-8-15-12(10)14/h2-8H,1H3,(H2,16,17,19). The molecule has 98 valence electrons. The van der Waals surface area contributed by atoms with Gasteiger partial charge in [0.2, 0.25) is 0 Å². The summed E-state index contributed by atoms with van der Waals surface area (Å²) in [4.78, 5) is 3.96. The number of hydrogen-bond acceptors (Lipinski definition) is 3. The number of ether oxygens (including phenoxy) is 1. The van der Waals surface area contributed by atoms with E-state index in [0.29, 0.717) is 21.7 Å². The van der Waals surface area contributed by atoms with Gasteiger partial charge in [0, 0.05) is 6.20 Å². The number of anilines is 2. The lowest BCUT2D eigenvalue weighted by Crippen LogP contribution is -2.19. The number of aromatic nitrogens is 1. The lowest BCUT2D eigenvalue weighted by molar-refractivity contribution is 0.417. The number of nitrogens with zero attached hydrogens (tertiary/aromatic N) is 1. The van der Waals surface area contributed by atoms with Crippen molar-refractivity contribution in [2.45, 2.75) is 0 Å². The number of halogens is 1. The Morgan fingerprint density at radius 3 is 2.58 bits per heavy atom. The summed E-state index contributed by atoms with van der Waals surface area (Å²) >= 11 is 11.2. The number of methoxy groups -OCH3 is 1. The summed E-state index contributed by atoms with van der Waals surface area (Å²) in [7, 11) is 1.61. The monoisotopic (exact) mass is 293 g/mol. The molecule has 0 fully saturated rings. The summed E-state index contributed by atoms with van der Waals surface area (Å²) in [5, 5.41) is 6.81. The van der Waals surface area contributed by atoms with Crippen molar-refractivity contribution in [3.8, 4) is 5.75 Å². The Morgan fingerprint density at radius 2 is 1.84 bits per heavy atom. The van der Waals surface area contributed by atoms with Crippen LogP contribution >= 0.6 is 23.8 Å². The van der Waals surface area contributed by atoms with Gasteiger partial charge in [0.1, 0.15) is 5.75 Å². The number of nitrogens with one attached hydrogen (secondary N) is 2. The van der Waals surface area contributed by atoms with E-state index in [9.17, 15) is 0 Å². The first-order chi connectivity index (χ1) is 9.20. The molecule has 19 heavy (non-hydrogen) atoms. The molecule has 1 aromatic heterocycles. The fourth-order valence-electron chi connectivity index (χ4n) is 1.50. The molecule has 1 aromatic carbocycles. The van der Waals surface area contributed by atoms with Crippen molar-refractivity contribution in [2.75, 3.05) is 17.7 Å². The zero-order chi connectivity index (χ0) is 13.7. The zero-order valence-corrected chi connectivity index (χ0v) is 11.8. The third-order valence-electron chi connectivity index (χ3n) is 2.36. The number of thiocarbonyl (C=S) groups is 1. The van der Waals surface area contributed by atoms with Crippen LogP contribution in [0.25, 0.3) is 0 Å². The quantitative estimate of drug-likeness (QED) is 0.669. The van der Waals surface area contributed by atoms with Crippen LogP contribution in [0.2, 0.25) is 5.15 Å². The number of hydrogen-bond donors (Lipinski definition) is 2. The van der Waals surface area contributed by atoms with Gasteiger partial charge in [-0.2, -0.15) is 0 Å². The van der Waals surface area contributed by atoms with Crippen molar-refractivity contribution in [1.82, 2.24) is 4.98 Å². The summed E-state index contributed by atoms with van der Waals surface area (Å²) in [6.45, 7) is 0. The minimum atomic E-state index is 0.367. The second kappa shape index (κ2) is 6.36. The average molecular weight is 294 g/mol. The molecular formula is C13H12ClN3OS. The van der Waals surface area contributed by atoms with Crippen LogP contribution < -0.4 is 15.4 Å². The van der Waals surface area contributed by atoms with E-state index in [0.717, 1.165) is 5.69 Å². The van der Waals surface area contributed by atoms with Crippen LogP contribution in [0.3, 0.4) is 0 Å². The molecule has 0 amide bonds. The Kier molecular flexibility index (Phi) is 4.54. The highest BCUT2D eigenvalue weighted by Crippen LogP contribution is 2.24. The number of para-hydroxylation sites is 2. The van der Waals surface area contributed by atoms with Gasteiger partial charge in [0.15, 0.2) is 10.3 Å². The zero-order valence-electron chi connectivity index (χ0n) is 10.2. The van der Waals surface area contributed by atoms with Crippen molar-refractivity contribution in [1.29, 1.82) is 0 Å². The lowest BCUT2D eigenvalue weighted by Gasteiger charge is -2.13. The maximum absolute atomic E-state index is 5.94. The van der Waals surface area contributed by atoms with Gasteiger partial charge in [0.25, 0.3) is 0 Å². The first kappa shape index (κ1) is 13.6. The first-order valence-electron chi connectivity index (χ1n) is 5.52. The van der Waals surface area contributed by atoms with Crippen molar-refractivity contribution < 1.29 is 4.74 Å². The molecular weight excluding hydrogens is 282 g/mol. The van der Waals surface area contributed by atoms with Gasteiger partial charge in [-0.15, -0.1) is 0 Å². The van der Waals surface area contributed by atoms with Crippen LogP contribution in [0.15, 0.2) is 42.6 Å².